The van der Waals surface area contributed by atoms with Gasteiger partial charge in [0.2, 0.25) is 0 Å². The lowest BCUT2D eigenvalue weighted by molar-refractivity contribution is -0.161. The summed E-state index contributed by atoms with van der Waals surface area (Å²) in [5, 5.41) is 9.71. The molecule has 0 rings (SSSR count). The topological polar surface area (TPSA) is 72.8 Å². The molecule has 0 saturated heterocycles. The van der Waals surface area contributed by atoms with E-state index in [0.29, 0.717) is 12.8 Å². The fourth-order valence-corrected chi connectivity index (χ4v) is 9.40. The Balaban J connectivity index is 3.53. The Kier molecular flexibility index (Phi) is 68.4. The van der Waals surface area contributed by atoms with E-state index in [9.17, 15) is 14.7 Å². The van der Waals surface area contributed by atoms with E-state index in [1.165, 1.54) is 141 Å². The zero-order valence-corrected chi connectivity index (χ0v) is 54.4. The van der Waals surface area contributed by atoms with Crippen molar-refractivity contribution in [3.05, 3.63) is 170 Å². The van der Waals surface area contributed by atoms with Crippen molar-refractivity contribution in [3.8, 4) is 0 Å². The second-order valence-corrected chi connectivity index (χ2v) is 22.5. The monoisotopic (exact) mass is 1160 g/mol. The van der Waals surface area contributed by atoms with Crippen LogP contribution in [0.2, 0.25) is 0 Å². The molecule has 1 N–H and O–H groups in total. The maximum Gasteiger partial charge on any atom is 0.306 e. The Morgan fingerprint density at radius 1 is 0.274 bits per heavy atom. The average molecular weight is 1160 g/mol. The maximum absolute atomic E-state index is 12.4. The van der Waals surface area contributed by atoms with Gasteiger partial charge in [-0.2, -0.15) is 0 Å². The minimum atomic E-state index is -0.785. The number of unbranched alkanes of at least 4 members (excludes halogenated alkanes) is 26. The smallest absolute Gasteiger partial charge is 0.306 e. The summed E-state index contributed by atoms with van der Waals surface area (Å²) in [6.07, 6.45) is 112. The van der Waals surface area contributed by atoms with Crippen LogP contribution in [0.15, 0.2) is 170 Å². The molecule has 0 aliphatic carbocycles. The zero-order chi connectivity index (χ0) is 60.5. The molecule has 84 heavy (non-hydrogen) atoms. The Morgan fingerprint density at radius 3 is 0.714 bits per heavy atom. The summed E-state index contributed by atoms with van der Waals surface area (Å²) < 4.78 is 10.8. The van der Waals surface area contributed by atoms with Gasteiger partial charge in [-0.05, 0) is 128 Å². The van der Waals surface area contributed by atoms with E-state index >= 15 is 0 Å². The van der Waals surface area contributed by atoms with Crippen molar-refractivity contribution in [1.29, 1.82) is 0 Å². The summed E-state index contributed by atoms with van der Waals surface area (Å²) >= 11 is 0. The minimum Gasteiger partial charge on any atom is -0.462 e. The Hall–Kier alpha value is -4.74. The molecule has 0 radical (unpaired) electrons. The molecular formula is C79H128O5. The van der Waals surface area contributed by atoms with Crippen LogP contribution in [0.1, 0.15) is 296 Å². The summed E-state index contributed by atoms with van der Waals surface area (Å²) in [7, 11) is 0. The van der Waals surface area contributed by atoms with Crippen molar-refractivity contribution in [3.63, 3.8) is 0 Å². The van der Waals surface area contributed by atoms with Crippen molar-refractivity contribution < 1.29 is 24.2 Å². The van der Waals surface area contributed by atoms with Gasteiger partial charge in [0.1, 0.15) is 6.61 Å². The molecule has 0 saturated carbocycles. The van der Waals surface area contributed by atoms with E-state index in [4.69, 9.17) is 9.47 Å². The lowest BCUT2D eigenvalue weighted by Gasteiger charge is -2.15. The quantitative estimate of drug-likeness (QED) is 0.0373. The molecular weight excluding hydrogens is 1030 g/mol. The number of ether oxygens (including phenoxy) is 2. The number of aliphatic hydroxyl groups excluding tert-OH is 1. The fourth-order valence-electron chi connectivity index (χ4n) is 9.40. The highest BCUT2D eigenvalue weighted by molar-refractivity contribution is 5.70. The zero-order valence-electron chi connectivity index (χ0n) is 54.4. The van der Waals surface area contributed by atoms with Gasteiger partial charge in [-0.25, -0.2) is 0 Å². The van der Waals surface area contributed by atoms with Crippen molar-refractivity contribution in [2.24, 2.45) is 0 Å². The van der Waals surface area contributed by atoms with Crippen molar-refractivity contribution in [2.75, 3.05) is 13.2 Å². The minimum absolute atomic E-state index is 0.0742. The summed E-state index contributed by atoms with van der Waals surface area (Å²) in [6, 6.07) is 0. The van der Waals surface area contributed by atoms with Gasteiger partial charge in [-0.1, -0.05) is 325 Å². The molecule has 474 valence electrons. The highest BCUT2D eigenvalue weighted by atomic mass is 16.6. The average Bonchev–Trinajstić information content (AvgIpc) is 3.50. The lowest BCUT2D eigenvalue weighted by Crippen LogP contribution is -2.28. The third-order valence-corrected chi connectivity index (χ3v) is 14.5. The van der Waals surface area contributed by atoms with Gasteiger partial charge in [0.05, 0.1) is 6.61 Å². The van der Waals surface area contributed by atoms with Crippen LogP contribution in [0, 0.1) is 0 Å². The van der Waals surface area contributed by atoms with Gasteiger partial charge in [-0.15, -0.1) is 0 Å². The maximum atomic E-state index is 12.4. The third-order valence-electron chi connectivity index (χ3n) is 14.5. The number of carbonyl (C=O) groups excluding carboxylic acids is 2. The van der Waals surface area contributed by atoms with E-state index in [2.05, 4.69) is 184 Å². The first kappa shape index (κ1) is 79.3. The van der Waals surface area contributed by atoms with Gasteiger partial charge in [0, 0.05) is 12.8 Å². The number of hydrogen-bond acceptors (Lipinski definition) is 5. The van der Waals surface area contributed by atoms with E-state index in [1.54, 1.807) is 0 Å². The van der Waals surface area contributed by atoms with Crippen LogP contribution >= 0.6 is 0 Å². The van der Waals surface area contributed by atoms with Crippen LogP contribution in [-0.2, 0) is 19.1 Å². The van der Waals surface area contributed by atoms with E-state index < -0.39 is 6.10 Å². The molecule has 0 aromatic carbocycles. The highest BCUT2D eigenvalue weighted by Gasteiger charge is 2.16. The second kappa shape index (κ2) is 72.5. The molecule has 0 fully saturated rings. The van der Waals surface area contributed by atoms with Gasteiger partial charge < -0.3 is 14.6 Å². The molecule has 0 aromatic heterocycles. The molecule has 5 nitrogen and oxygen atoms in total. The molecule has 1 atom stereocenters. The molecule has 5 heteroatoms. The number of allylic oxidation sites excluding steroid dienone is 28. The standard InChI is InChI=1S/C79H128O5/c1-3-5-7-9-11-13-15-17-19-21-23-25-27-29-31-33-35-37-39-41-43-45-47-49-51-53-55-57-59-61-63-65-67-69-71-73-78(81)83-76-77(75-80)84-79(82)74-72-70-68-66-64-62-60-58-56-54-52-50-48-46-44-42-40-38-36-34-32-30-28-26-24-22-20-18-16-14-12-10-8-6-4-2/h5-8,11-14,17-20,23-26,29-32,35-38,41-44,77,80H,3-4,9-10,15-16,21-22,27-28,33-34,39-40,45-76H2,1-2H3/b7-5-,8-6-,13-11-,14-12-,19-17-,20-18-,25-23-,26-24-,31-29-,32-30-,37-35-,38-36-,43-41-,44-42-. The van der Waals surface area contributed by atoms with Crippen LogP contribution in [0.25, 0.3) is 0 Å². The number of carbonyl (C=O) groups is 2. The van der Waals surface area contributed by atoms with E-state index in [1.807, 2.05) is 0 Å². The summed E-state index contributed by atoms with van der Waals surface area (Å²) in [5.41, 5.74) is 0. The molecule has 0 aromatic rings. The van der Waals surface area contributed by atoms with Gasteiger partial charge in [0.15, 0.2) is 6.10 Å². The summed E-state index contributed by atoms with van der Waals surface area (Å²) in [4.78, 5) is 24.7. The van der Waals surface area contributed by atoms with Crippen LogP contribution in [-0.4, -0.2) is 36.4 Å². The summed E-state index contributed by atoms with van der Waals surface area (Å²) in [6.45, 7) is 3.92. The number of hydrogen-bond donors (Lipinski definition) is 1. The first-order valence-electron chi connectivity index (χ1n) is 34.7. The van der Waals surface area contributed by atoms with Crippen molar-refractivity contribution in [1.82, 2.24) is 0 Å². The van der Waals surface area contributed by atoms with Crippen LogP contribution in [0.4, 0.5) is 0 Å². The molecule has 0 spiro atoms. The molecule has 1 unspecified atom stereocenters. The molecule has 0 bridgehead atoms. The highest BCUT2D eigenvalue weighted by Crippen LogP contribution is 2.16. The van der Waals surface area contributed by atoms with Crippen molar-refractivity contribution >= 4 is 11.9 Å². The van der Waals surface area contributed by atoms with E-state index in [0.717, 1.165) is 128 Å². The first-order valence-corrected chi connectivity index (χ1v) is 34.7. The first-order chi connectivity index (χ1) is 41.6. The number of esters is 2. The Labute approximate surface area is 519 Å². The summed E-state index contributed by atoms with van der Waals surface area (Å²) in [5.74, 6) is -0.595. The van der Waals surface area contributed by atoms with Gasteiger partial charge >= 0.3 is 11.9 Å². The molecule has 0 amide bonds. The fraction of sp³-hybridized carbons (Fsp3) is 0.620. The normalized spacial score (nSPS) is 13.3. The molecule has 0 aliphatic heterocycles. The molecule has 0 heterocycles. The third kappa shape index (κ3) is 69.8. The molecule has 0 aliphatic rings. The number of aliphatic hydroxyl groups is 1. The second-order valence-electron chi connectivity index (χ2n) is 22.5. The van der Waals surface area contributed by atoms with Gasteiger partial charge in [0.25, 0.3) is 0 Å². The van der Waals surface area contributed by atoms with Crippen LogP contribution in [0.3, 0.4) is 0 Å². The Bertz CT molecular complexity index is 1840. The largest absolute Gasteiger partial charge is 0.462 e. The predicted molar refractivity (Wildman–Crippen MR) is 370 cm³/mol. The SMILES string of the molecule is CC/C=C\C/C=C\C/C=C\C/C=C\C/C=C\C/C=C\C/C=C\CCCCCCCCCCCCCCCC(=O)OCC(CO)OC(=O)CCCCCCCCCCCCCCC/C=C\C/C=C\C/C=C\C/C=C\C/C=C\C/C=C\C/C=C\CC. The predicted octanol–water partition coefficient (Wildman–Crippen LogP) is 24.4. The lowest BCUT2D eigenvalue weighted by atomic mass is 10.0. The van der Waals surface area contributed by atoms with Crippen molar-refractivity contribution in [2.45, 2.75) is 302 Å². The van der Waals surface area contributed by atoms with Gasteiger partial charge in [-0.3, -0.25) is 9.59 Å². The Morgan fingerprint density at radius 2 is 0.476 bits per heavy atom. The number of rotatable bonds is 62. The van der Waals surface area contributed by atoms with Crippen LogP contribution < -0.4 is 0 Å². The van der Waals surface area contributed by atoms with E-state index in [-0.39, 0.29) is 25.2 Å². The van der Waals surface area contributed by atoms with Crippen LogP contribution in [0.5, 0.6) is 0 Å².